The van der Waals surface area contributed by atoms with E-state index in [9.17, 15) is 4.79 Å². The van der Waals surface area contributed by atoms with E-state index in [4.69, 9.17) is 5.73 Å². The molecule has 84 valence electrons. The molecule has 0 radical (unpaired) electrons. The number of guanidine groups is 1. The SMILES string of the molecule is NC1=NC(c2ccc3ccccc3c2)C(=O)N1. The van der Waals surface area contributed by atoms with Gasteiger partial charge in [0, 0.05) is 0 Å². The largest absolute Gasteiger partial charge is 0.370 e. The first-order valence-corrected chi connectivity index (χ1v) is 5.37. The van der Waals surface area contributed by atoms with E-state index in [0.717, 1.165) is 16.3 Å². The maximum atomic E-state index is 11.6. The van der Waals surface area contributed by atoms with E-state index in [1.54, 1.807) is 0 Å². The summed E-state index contributed by atoms with van der Waals surface area (Å²) in [7, 11) is 0. The molecule has 1 heterocycles. The van der Waals surface area contributed by atoms with Gasteiger partial charge in [-0.15, -0.1) is 0 Å². The molecule has 1 aliphatic heterocycles. The lowest BCUT2D eigenvalue weighted by Crippen LogP contribution is -2.31. The minimum Gasteiger partial charge on any atom is -0.370 e. The second-order valence-corrected chi connectivity index (χ2v) is 4.01. The van der Waals surface area contributed by atoms with Gasteiger partial charge in [0.25, 0.3) is 5.91 Å². The number of benzene rings is 2. The molecule has 1 aliphatic rings. The van der Waals surface area contributed by atoms with Crippen molar-refractivity contribution in [2.24, 2.45) is 10.7 Å². The molecule has 2 aromatic rings. The Hall–Kier alpha value is -2.36. The summed E-state index contributed by atoms with van der Waals surface area (Å²) >= 11 is 0. The van der Waals surface area contributed by atoms with Crippen LogP contribution < -0.4 is 11.1 Å². The van der Waals surface area contributed by atoms with Crippen LogP contribution in [0.1, 0.15) is 11.6 Å². The highest BCUT2D eigenvalue weighted by Crippen LogP contribution is 2.24. The van der Waals surface area contributed by atoms with Gasteiger partial charge < -0.3 is 5.73 Å². The molecule has 0 spiro atoms. The molecule has 4 nitrogen and oxygen atoms in total. The van der Waals surface area contributed by atoms with Gasteiger partial charge in [0.2, 0.25) is 0 Å². The molecule has 3 rings (SSSR count). The van der Waals surface area contributed by atoms with Gasteiger partial charge in [0.15, 0.2) is 12.0 Å². The van der Waals surface area contributed by atoms with Crippen molar-refractivity contribution < 1.29 is 4.79 Å². The number of hydrogen-bond donors (Lipinski definition) is 2. The molecule has 4 heteroatoms. The lowest BCUT2D eigenvalue weighted by Gasteiger charge is -2.06. The smallest absolute Gasteiger partial charge is 0.256 e. The first kappa shape index (κ1) is 9.84. The Balaban J connectivity index is 2.09. The minimum absolute atomic E-state index is 0.169. The summed E-state index contributed by atoms with van der Waals surface area (Å²) < 4.78 is 0. The van der Waals surface area contributed by atoms with Crippen molar-refractivity contribution in [2.45, 2.75) is 6.04 Å². The Morgan fingerprint density at radius 2 is 1.88 bits per heavy atom. The van der Waals surface area contributed by atoms with Crippen molar-refractivity contribution >= 4 is 22.6 Å². The Morgan fingerprint density at radius 1 is 1.12 bits per heavy atom. The third kappa shape index (κ3) is 1.63. The van der Waals surface area contributed by atoms with Crippen LogP contribution in [0, 0.1) is 0 Å². The predicted molar refractivity (Wildman–Crippen MR) is 66.5 cm³/mol. The zero-order valence-corrected chi connectivity index (χ0v) is 9.05. The van der Waals surface area contributed by atoms with Crippen molar-refractivity contribution in [3.05, 3.63) is 48.0 Å². The van der Waals surface area contributed by atoms with Gasteiger partial charge >= 0.3 is 0 Å². The standard InChI is InChI=1S/C13H11N3O/c14-13-15-11(12(17)16-13)10-6-5-8-3-1-2-4-9(8)7-10/h1-7,11H,(H3,14,15,16,17). The van der Waals surface area contributed by atoms with Gasteiger partial charge in [-0.1, -0.05) is 36.4 Å². The molecular weight excluding hydrogens is 214 g/mol. The number of amides is 1. The number of nitrogens with one attached hydrogen (secondary N) is 1. The van der Waals surface area contributed by atoms with E-state index in [-0.39, 0.29) is 11.9 Å². The van der Waals surface area contributed by atoms with E-state index < -0.39 is 6.04 Å². The molecule has 1 amide bonds. The number of aliphatic imine (C=N–C) groups is 1. The maximum Gasteiger partial charge on any atom is 0.256 e. The summed E-state index contributed by atoms with van der Waals surface area (Å²) in [5.74, 6) is 0.0194. The lowest BCUT2D eigenvalue weighted by molar-refractivity contribution is -0.120. The van der Waals surface area contributed by atoms with Gasteiger partial charge in [-0.25, -0.2) is 4.99 Å². The van der Waals surface area contributed by atoms with E-state index >= 15 is 0 Å². The lowest BCUT2D eigenvalue weighted by atomic mass is 10.0. The number of rotatable bonds is 1. The fourth-order valence-corrected chi connectivity index (χ4v) is 2.03. The summed E-state index contributed by atoms with van der Waals surface area (Å²) in [6.45, 7) is 0. The van der Waals surface area contributed by atoms with E-state index in [1.807, 2.05) is 42.5 Å². The first-order valence-electron chi connectivity index (χ1n) is 5.37. The molecular formula is C13H11N3O. The monoisotopic (exact) mass is 225 g/mol. The first-order chi connectivity index (χ1) is 8.24. The number of nitrogens with zero attached hydrogens (tertiary/aromatic N) is 1. The summed E-state index contributed by atoms with van der Waals surface area (Å²) in [5, 5.41) is 4.74. The van der Waals surface area contributed by atoms with Crippen LogP contribution in [0.5, 0.6) is 0 Å². The summed E-state index contributed by atoms with van der Waals surface area (Å²) in [6, 6.07) is 13.4. The van der Waals surface area contributed by atoms with Crippen LogP contribution >= 0.6 is 0 Å². The quantitative estimate of drug-likeness (QED) is 0.768. The highest BCUT2D eigenvalue weighted by atomic mass is 16.2. The van der Waals surface area contributed by atoms with Crippen molar-refractivity contribution in [3.8, 4) is 0 Å². The second kappa shape index (κ2) is 3.59. The number of nitrogens with two attached hydrogens (primary N) is 1. The minimum atomic E-state index is -0.514. The van der Waals surface area contributed by atoms with Gasteiger partial charge in [-0.2, -0.15) is 0 Å². The molecule has 0 aliphatic carbocycles. The Labute approximate surface area is 98.1 Å². The number of fused-ring (bicyclic) bond motifs is 1. The molecule has 1 unspecified atom stereocenters. The van der Waals surface area contributed by atoms with E-state index in [2.05, 4.69) is 10.3 Å². The van der Waals surface area contributed by atoms with Crippen LogP contribution in [0.2, 0.25) is 0 Å². The highest BCUT2D eigenvalue weighted by molar-refractivity contribution is 6.04. The third-order valence-corrected chi connectivity index (χ3v) is 2.86. The summed E-state index contributed by atoms with van der Waals surface area (Å²) in [6.07, 6.45) is 0. The van der Waals surface area contributed by atoms with Crippen LogP contribution in [0.4, 0.5) is 0 Å². The van der Waals surface area contributed by atoms with Gasteiger partial charge in [0.1, 0.15) is 0 Å². The molecule has 17 heavy (non-hydrogen) atoms. The van der Waals surface area contributed by atoms with Crippen LogP contribution in [-0.4, -0.2) is 11.9 Å². The van der Waals surface area contributed by atoms with Crippen molar-refractivity contribution in [2.75, 3.05) is 0 Å². The Kier molecular flexibility index (Phi) is 2.08. The zero-order chi connectivity index (χ0) is 11.8. The maximum absolute atomic E-state index is 11.6. The molecule has 3 N–H and O–H groups in total. The van der Waals surface area contributed by atoms with Gasteiger partial charge in [-0.3, -0.25) is 10.1 Å². The normalized spacial score (nSPS) is 19.2. The number of carbonyl (C=O) groups is 1. The summed E-state index contributed by atoms with van der Waals surface area (Å²) in [5.41, 5.74) is 6.35. The van der Waals surface area contributed by atoms with Crippen LogP contribution in [0.25, 0.3) is 10.8 Å². The molecule has 2 aromatic carbocycles. The highest BCUT2D eigenvalue weighted by Gasteiger charge is 2.26. The second-order valence-electron chi connectivity index (χ2n) is 4.01. The molecule has 1 atom stereocenters. The zero-order valence-electron chi connectivity index (χ0n) is 9.05. The van der Waals surface area contributed by atoms with Crippen molar-refractivity contribution in [3.63, 3.8) is 0 Å². The fraction of sp³-hybridized carbons (Fsp3) is 0.0769. The number of hydrogen-bond acceptors (Lipinski definition) is 3. The van der Waals surface area contributed by atoms with E-state index in [0.29, 0.717) is 0 Å². The molecule has 0 fully saturated rings. The predicted octanol–water partition coefficient (Wildman–Crippen LogP) is 1.33. The Morgan fingerprint density at radius 3 is 2.59 bits per heavy atom. The molecule has 0 saturated carbocycles. The summed E-state index contributed by atoms with van der Waals surface area (Å²) in [4.78, 5) is 15.7. The average molecular weight is 225 g/mol. The Bertz CT molecular complexity index is 633. The van der Waals surface area contributed by atoms with E-state index in [1.165, 1.54) is 0 Å². The third-order valence-electron chi connectivity index (χ3n) is 2.86. The van der Waals surface area contributed by atoms with Crippen LogP contribution in [0.15, 0.2) is 47.5 Å². The molecule has 0 bridgehead atoms. The van der Waals surface area contributed by atoms with Crippen molar-refractivity contribution in [1.82, 2.24) is 5.32 Å². The number of carbonyl (C=O) groups excluding carboxylic acids is 1. The average Bonchev–Trinajstić information content (AvgIpc) is 2.68. The van der Waals surface area contributed by atoms with Gasteiger partial charge in [0.05, 0.1) is 0 Å². The fourth-order valence-electron chi connectivity index (χ4n) is 2.03. The topological polar surface area (TPSA) is 67.5 Å². The molecule has 0 saturated heterocycles. The van der Waals surface area contributed by atoms with Crippen LogP contribution in [-0.2, 0) is 4.79 Å². The van der Waals surface area contributed by atoms with Gasteiger partial charge in [-0.05, 0) is 22.4 Å². The molecule has 0 aromatic heterocycles. The van der Waals surface area contributed by atoms with Crippen molar-refractivity contribution in [1.29, 1.82) is 0 Å². The van der Waals surface area contributed by atoms with Crippen LogP contribution in [0.3, 0.4) is 0 Å².